The Morgan fingerprint density at radius 1 is 1.29 bits per heavy atom. The van der Waals surface area contributed by atoms with Crippen molar-refractivity contribution in [3.63, 3.8) is 0 Å². The van der Waals surface area contributed by atoms with Crippen molar-refractivity contribution in [1.29, 1.82) is 0 Å². The average molecular weight is 242 g/mol. The first-order chi connectivity index (χ1) is 8.02. The fourth-order valence-corrected chi connectivity index (χ4v) is 2.90. The van der Waals surface area contributed by atoms with E-state index in [4.69, 9.17) is 5.73 Å². The smallest absolute Gasteiger partial charge is 0.0611 e. The van der Waals surface area contributed by atoms with Crippen LogP contribution >= 0.6 is 0 Å². The molecule has 0 bridgehead atoms. The fourth-order valence-electron chi connectivity index (χ4n) is 2.90. The summed E-state index contributed by atoms with van der Waals surface area (Å²) in [6, 6.07) is 1.42. The number of piperidine rings is 1. The maximum absolute atomic E-state index is 9.29. The van der Waals surface area contributed by atoms with E-state index in [1.165, 1.54) is 19.3 Å². The van der Waals surface area contributed by atoms with Crippen LogP contribution in [0.25, 0.3) is 0 Å². The second-order valence-corrected chi connectivity index (χ2v) is 5.84. The topological polar surface area (TPSA) is 49.5 Å². The van der Waals surface area contributed by atoms with Crippen LogP contribution in [0.2, 0.25) is 0 Å². The first kappa shape index (κ1) is 14.9. The first-order valence-electron chi connectivity index (χ1n) is 7.18. The van der Waals surface area contributed by atoms with Crippen LogP contribution in [0.15, 0.2) is 0 Å². The van der Waals surface area contributed by atoms with E-state index < -0.39 is 0 Å². The highest BCUT2D eigenvalue weighted by atomic mass is 16.3. The third kappa shape index (κ3) is 4.23. The van der Waals surface area contributed by atoms with E-state index in [-0.39, 0.29) is 12.1 Å². The lowest BCUT2D eigenvalue weighted by Gasteiger charge is -2.39. The van der Waals surface area contributed by atoms with Crippen molar-refractivity contribution in [2.24, 2.45) is 5.73 Å². The van der Waals surface area contributed by atoms with E-state index in [2.05, 4.69) is 25.7 Å². The van der Waals surface area contributed by atoms with Gasteiger partial charge in [0.05, 0.1) is 6.61 Å². The van der Waals surface area contributed by atoms with Gasteiger partial charge < -0.3 is 10.8 Å². The molecule has 0 aliphatic carbocycles. The Morgan fingerprint density at radius 3 is 2.35 bits per heavy atom. The monoisotopic (exact) mass is 242 g/mol. The fraction of sp³-hybridized carbons (Fsp3) is 1.00. The van der Waals surface area contributed by atoms with Gasteiger partial charge in [-0.2, -0.15) is 0 Å². The molecule has 0 amide bonds. The maximum Gasteiger partial charge on any atom is 0.0611 e. The normalized spacial score (nSPS) is 30.2. The molecule has 17 heavy (non-hydrogen) atoms. The average Bonchev–Trinajstić information content (AvgIpc) is 2.32. The second-order valence-electron chi connectivity index (χ2n) is 5.84. The lowest BCUT2D eigenvalue weighted by molar-refractivity contribution is 0.0945. The molecule has 3 N–H and O–H groups in total. The van der Waals surface area contributed by atoms with Gasteiger partial charge in [0, 0.05) is 17.6 Å². The van der Waals surface area contributed by atoms with Crippen LogP contribution in [0.1, 0.15) is 59.3 Å². The van der Waals surface area contributed by atoms with Gasteiger partial charge in [0.25, 0.3) is 0 Å². The van der Waals surface area contributed by atoms with Gasteiger partial charge in [-0.25, -0.2) is 0 Å². The molecule has 3 unspecified atom stereocenters. The molecule has 0 aromatic heterocycles. The van der Waals surface area contributed by atoms with Gasteiger partial charge in [-0.15, -0.1) is 0 Å². The minimum atomic E-state index is -0.359. The van der Waals surface area contributed by atoms with Gasteiger partial charge in [-0.3, -0.25) is 4.90 Å². The molecule has 1 saturated heterocycles. The quantitative estimate of drug-likeness (QED) is 0.750. The van der Waals surface area contributed by atoms with E-state index in [0.29, 0.717) is 12.1 Å². The van der Waals surface area contributed by atoms with Crippen molar-refractivity contribution in [3.8, 4) is 0 Å². The molecule has 3 atom stereocenters. The van der Waals surface area contributed by atoms with Crippen LogP contribution in [0.5, 0.6) is 0 Å². The SMILES string of the molecule is CCC(N)(CO)CCCN1C(C)CCCC1C. The Balaban J connectivity index is 2.34. The summed E-state index contributed by atoms with van der Waals surface area (Å²) in [5.41, 5.74) is 5.75. The highest BCUT2D eigenvalue weighted by Gasteiger charge is 2.26. The Labute approximate surface area is 106 Å². The van der Waals surface area contributed by atoms with Crippen molar-refractivity contribution < 1.29 is 5.11 Å². The summed E-state index contributed by atoms with van der Waals surface area (Å²) in [6.07, 6.45) is 6.90. The lowest BCUT2D eigenvalue weighted by atomic mass is 9.91. The minimum Gasteiger partial charge on any atom is -0.394 e. The molecular formula is C14H30N2O. The van der Waals surface area contributed by atoms with Crippen molar-refractivity contribution in [2.75, 3.05) is 13.2 Å². The predicted octanol–water partition coefficient (Wildman–Crippen LogP) is 2.13. The Kier molecular flexibility index (Phi) is 5.90. The number of nitrogens with zero attached hydrogens (tertiary/aromatic N) is 1. The number of aliphatic hydroxyl groups is 1. The summed E-state index contributed by atoms with van der Waals surface area (Å²) in [6.45, 7) is 7.95. The summed E-state index contributed by atoms with van der Waals surface area (Å²) in [5, 5.41) is 9.29. The van der Waals surface area contributed by atoms with Crippen molar-refractivity contribution in [1.82, 2.24) is 4.90 Å². The third-order valence-corrected chi connectivity index (χ3v) is 4.49. The van der Waals surface area contributed by atoms with Crippen LogP contribution in [-0.4, -0.2) is 40.8 Å². The van der Waals surface area contributed by atoms with Crippen molar-refractivity contribution in [3.05, 3.63) is 0 Å². The number of rotatable bonds is 6. The summed E-state index contributed by atoms with van der Waals surface area (Å²) >= 11 is 0. The zero-order valence-electron chi connectivity index (χ0n) is 11.8. The van der Waals surface area contributed by atoms with E-state index in [1.54, 1.807) is 0 Å². The van der Waals surface area contributed by atoms with Crippen LogP contribution in [0, 0.1) is 0 Å². The summed E-state index contributed by atoms with van der Waals surface area (Å²) in [5.74, 6) is 0. The van der Waals surface area contributed by atoms with E-state index in [1.807, 2.05) is 0 Å². The molecule has 1 rings (SSSR count). The highest BCUT2D eigenvalue weighted by Crippen LogP contribution is 2.23. The van der Waals surface area contributed by atoms with E-state index in [9.17, 15) is 5.11 Å². The molecule has 0 aromatic rings. The zero-order valence-corrected chi connectivity index (χ0v) is 11.8. The van der Waals surface area contributed by atoms with Crippen molar-refractivity contribution in [2.45, 2.75) is 76.9 Å². The largest absolute Gasteiger partial charge is 0.394 e. The highest BCUT2D eigenvalue weighted by molar-refractivity contribution is 4.84. The van der Waals surface area contributed by atoms with E-state index >= 15 is 0 Å². The van der Waals surface area contributed by atoms with Gasteiger partial charge in [0.2, 0.25) is 0 Å². The number of aliphatic hydroxyl groups excluding tert-OH is 1. The van der Waals surface area contributed by atoms with Crippen LogP contribution in [0.3, 0.4) is 0 Å². The summed E-state index contributed by atoms with van der Waals surface area (Å²) in [7, 11) is 0. The second kappa shape index (κ2) is 6.72. The van der Waals surface area contributed by atoms with Crippen LogP contribution in [-0.2, 0) is 0 Å². The van der Waals surface area contributed by atoms with Crippen LogP contribution < -0.4 is 5.73 Å². The van der Waals surface area contributed by atoms with Gasteiger partial charge in [0.1, 0.15) is 0 Å². The molecule has 0 spiro atoms. The standard InChI is InChI=1S/C14H30N2O/c1-4-14(15,11-17)9-6-10-16-12(2)7-5-8-13(16)3/h12-13,17H,4-11,15H2,1-3H3. The molecule has 0 radical (unpaired) electrons. The predicted molar refractivity (Wildman–Crippen MR) is 73.0 cm³/mol. The summed E-state index contributed by atoms with van der Waals surface area (Å²) < 4.78 is 0. The molecule has 1 aliphatic heterocycles. The lowest BCUT2D eigenvalue weighted by Crippen LogP contribution is -2.46. The summed E-state index contributed by atoms with van der Waals surface area (Å²) in [4.78, 5) is 2.61. The molecule has 0 saturated carbocycles. The van der Waals surface area contributed by atoms with Crippen LogP contribution in [0.4, 0.5) is 0 Å². The molecule has 0 aromatic carbocycles. The third-order valence-electron chi connectivity index (χ3n) is 4.49. The molecule has 1 fully saturated rings. The van der Waals surface area contributed by atoms with Gasteiger partial charge >= 0.3 is 0 Å². The molecular weight excluding hydrogens is 212 g/mol. The Bertz CT molecular complexity index is 206. The molecule has 102 valence electrons. The minimum absolute atomic E-state index is 0.106. The number of likely N-dealkylation sites (tertiary alicyclic amines) is 1. The zero-order chi connectivity index (χ0) is 12.9. The van der Waals surface area contributed by atoms with Crippen molar-refractivity contribution >= 4 is 0 Å². The molecule has 1 heterocycles. The first-order valence-corrected chi connectivity index (χ1v) is 7.18. The van der Waals surface area contributed by atoms with E-state index in [0.717, 1.165) is 25.8 Å². The van der Waals surface area contributed by atoms with Gasteiger partial charge in [-0.1, -0.05) is 13.3 Å². The number of nitrogens with two attached hydrogens (primary N) is 1. The van der Waals surface area contributed by atoms with Gasteiger partial charge in [0.15, 0.2) is 0 Å². The Hall–Kier alpha value is -0.120. The molecule has 3 heteroatoms. The number of hydrogen-bond acceptors (Lipinski definition) is 3. The number of hydrogen-bond donors (Lipinski definition) is 2. The van der Waals surface area contributed by atoms with Gasteiger partial charge in [-0.05, 0) is 52.5 Å². The maximum atomic E-state index is 9.29. The Morgan fingerprint density at radius 2 is 1.88 bits per heavy atom. The molecule has 3 nitrogen and oxygen atoms in total. The molecule has 1 aliphatic rings.